The van der Waals surface area contributed by atoms with Gasteiger partial charge in [-0.2, -0.15) is 0 Å². The largest absolute Gasteiger partial charge is 0.504 e. The monoisotopic (exact) mass is 682 g/mol. The summed E-state index contributed by atoms with van der Waals surface area (Å²) in [5, 5.41) is 48.6. The second kappa shape index (κ2) is 14.7. The number of aromatic hydroxyl groups is 4. The van der Waals surface area contributed by atoms with Gasteiger partial charge in [-0.3, -0.25) is 4.99 Å². The smallest absolute Gasteiger partial charge is 0.204 e. The minimum atomic E-state index is -0.861. The molecule has 48 heavy (non-hydrogen) atoms. The first-order valence-electron chi connectivity index (χ1n) is 15.9. The molecule has 0 bridgehead atoms. The van der Waals surface area contributed by atoms with E-state index in [-0.39, 0.29) is 28.6 Å². The van der Waals surface area contributed by atoms with Gasteiger partial charge in [-0.25, -0.2) is 8.78 Å². The highest BCUT2D eigenvalue weighted by molar-refractivity contribution is 6.30. The maximum atomic E-state index is 15.3. The fourth-order valence-corrected chi connectivity index (χ4v) is 6.60. The van der Waals surface area contributed by atoms with Gasteiger partial charge in [0.25, 0.3) is 0 Å². The average molecular weight is 683 g/mol. The van der Waals surface area contributed by atoms with Crippen LogP contribution in [0.15, 0.2) is 58.2 Å². The highest BCUT2D eigenvalue weighted by Gasteiger charge is 2.36. The number of phenols is 4. The zero-order valence-corrected chi connectivity index (χ0v) is 27.8. The third-order valence-corrected chi connectivity index (χ3v) is 9.34. The first-order chi connectivity index (χ1) is 22.9. The molecule has 2 aliphatic rings. The summed E-state index contributed by atoms with van der Waals surface area (Å²) in [7, 11) is 1.55. The average Bonchev–Trinajstić information content (AvgIpc) is 3.44. The number of nitrogens with one attached hydrogen (secondary N) is 2. The number of aliphatic imine (C=N–C) groups is 1. The van der Waals surface area contributed by atoms with Crippen molar-refractivity contribution in [3.63, 3.8) is 0 Å². The minimum Gasteiger partial charge on any atom is -0.504 e. The number of hydrogen-bond acceptors (Lipinski definition) is 9. The molecule has 256 valence electrons. The predicted molar refractivity (Wildman–Crippen MR) is 183 cm³/mol. The molecule has 3 unspecified atom stereocenters. The van der Waals surface area contributed by atoms with E-state index >= 15 is 4.39 Å². The van der Waals surface area contributed by atoms with E-state index in [4.69, 9.17) is 22.1 Å². The lowest BCUT2D eigenvalue weighted by atomic mass is 9.85. The molecule has 0 fully saturated rings. The molecule has 3 aromatic rings. The van der Waals surface area contributed by atoms with Crippen LogP contribution in [0, 0.1) is 17.6 Å². The van der Waals surface area contributed by atoms with Crippen LogP contribution in [0.25, 0.3) is 0 Å². The molecule has 3 atom stereocenters. The molecule has 0 spiro atoms. The van der Waals surface area contributed by atoms with Crippen LogP contribution in [0.5, 0.6) is 28.7 Å². The standard InChI is InChI=1S/C36H41ClF2N4O5/c1-4-8-41-16-20-10-19(11-31(48-3)32(20)40)7-9-42-17-25(23-14-30(44)35(46)36(47)34(23)45)29-13-22-18(2)5-6-21(22)33(43-29)24-12-26(37)28(39)15-27(24)38/h10-16,18,25,33,42-47H,4-9,17,40H2,1-3H3. The molecule has 1 aliphatic carbocycles. The van der Waals surface area contributed by atoms with Crippen molar-refractivity contribution in [3.05, 3.63) is 92.2 Å². The Hall–Kier alpha value is -4.48. The first kappa shape index (κ1) is 34.8. The number of rotatable bonds is 12. The molecule has 12 heteroatoms. The second-order valence-corrected chi connectivity index (χ2v) is 12.7. The van der Waals surface area contributed by atoms with Crippen molar-refractivity contribution in [2.24, 2.45) is 10.9 Å². The zero-order chi connectivity index (χ0) is 34.7. The van der Waals surface area contributed by atoms with Gasteiger partial charge in [0.2, 0.25) is 11.5 Å². The van der Waals surface area contributed by atoms with Gasteiger partial charge in [0.1, 0.15) is 17.4 Å². The van der Waals surface area contributed by atoms with E-state index in [0.29, 0.717) is 43.1 Å². The quantitative estimate of drug-likeness (QED) is 0.0277. The van der Waals surface area contributed by atoms with Gasteiger partial charge in [0.15, 0.2) is 11.5 Å². The molecule has 3 aromatic carbocycles. The van der Waals surface area contributed by atoms with E-state index in [2.05, 4.69) is 22.5 Å². The number of phenolic OH excluding ortho intramolecular Hbond substituents is 4. The lowest BCUT2D eigenvalue weighted by Crippen LogP contribution is -2.34. The summed E-state index contributed by atoms with van der Waals surface area (Å²) >= 11 is 6.10. The third kappa shape index (κ3) is 7.02. The summed E-state index contributed by atoms with van der Waals surface area (Å²) in [4.78, 5) is 4.42. The Morgan fingerprint density at radius 2 is 1.88 bits per heavy atom. The molecule has 0 amide bonds. The molecule has 0 radical (unpaired) electrons. The van der Waals surface area contributed by atoms with Crippen LogP contribution in [0.4, 0.5) is 14.5 Å². The summed E-state index contributed by atoms with van der Waals surface area (Å²) in [5.74, 6) is -4.59. The van der Waals surface area contributed by atoms with Crippen molar-refractivity contribution < 1.29 is 33.9 Å². The normalized spacial score (nSPS) is 18.2. The van der Waals surface area contributed by atoms with E-state index < -0.39 is 46.6 Å². The summed E-state index contributed by atoms with van der Waals surface area (Å²) < 4.78 is 34.9. The summed E-state index contributed by atoms with van der Waals surface area (Å²) in [6.07, 6.45) is 6.68. The van der Waals surface area contributed by atoms with E-state index in [9.17, 15) is 24.8 Å². The fraction of sp³-hybridized carbons (Fsp3) is 0.361. The van der Waals surface area contributed by atoms with E-state index in [1.54, 1.807) is 13.3 Å². The highest BCUT2D eigenvalue weighted by atomic mass is 35.5. The van der Waals surface area contributed by atoms with Crippen molar-refractivity contribution in [2.45, 2.75) is 51.5 Å². The maximum absolute atomic E-state index is 15.3. The lowest BCUT2D eigenvalue weighted by Gasteiger charge is -2.34. The van der Waals surface area contributed by atoms with Gasteiger partial charge in [0, 0.05) is 53.7 Å². The number of halogens is 3. The van der Waals surface area contributed by atoms with Crippen LogP contribution >= 0.6 is 11.6 Å². The Morgan fingerprint density at radius 1 is 1.10 bits per heavy atom. The van der Waals surface area contributed by atoms with Crippen LogP contribution in [0.3, 0.4) is 0 Å². The Kier molecular flexibility index (Phi) is 10.7. The number of nitrogens with zero attached hydrogens (tertiary/aromatic N) is 1. The second-order valence-electron chi connectivity index (χ2n) is 12.3. The molecule has 0 saturated carbocycles. The lowest BCUT2D eigenvalue weighted by molar-refractivity contribution is 0.341. The van der Waals surface area contributed by atoms with Crippen LogP contribution in [-0.2, 0) is 6.42 Å². The topological polar surface area (TPSA) is 153 Å². The molecule has 5 rings (SSSR count). The molecule has 1 aliphatic heterocycles. The Labute approximate surface area is 283 Å². The Balaban J connectivity index is 1.48. The number of allylic oxidation sites excluding steroid dienone is 2. The highest BCUT2D eigenvalue weighted by Crippen LogP contribution is 2.50. The van der Waals surface area contributed by atoms with Crippen LogP contribution in [-0.4, -0.2) is 53.4 Å². The van der Waals surface area contributed by atoms with Crippen molar-refractivity contribution in [3.8, 4) is 28.7 Å². The number of benzene rings is 3. The summed E-state index contributed by atoms with van der Waals surface area (Å²) in [6, 6.07) is 6.38. The van der Waals surface area contributed by atoms with Gasteiger partial charge in [-0.05, 0) is 85.2 Å². The van der Waals surface area contributed by atoms with Crippen LogP contribution in [0.2, 0.25) is 5.02 Å². The van der Waals surface area contributed by atoms with Crippen molar-refractivity contribution >= 4 is 23.5 Å². The SMILES string of the molecule is CCCN=Cc1cc(CCNCC(C2=CC3=C(CCC3C)C(c3cc(Cl)c(F)cc3F)N2)c2cc(O)c(O)c(O)c2O)cc(OC)c1N. The Bertz CT molecular complexity index is 1790. The van der Waals surface area contributed by atoms with Crippen molar-refractivity contribution in [2.75, 3.05) is 32.5 Å². The number of ether oxygens (including phenoxy) is 1. The first-order valence-corrected chi connectivity index (χ1v) is 16.3. The molecule has 0 aromatic heterocycles. The molecular formula is C36H41ClF2N4O5. The van der Waals surface area contributed by atoms with Crippen LogP contribution < -0.4 is 21.1 Å². The summed E-state index contributed by atoms with van der Waals surface area (Å²) in [5.41, 5.74) is 11.3. The summed E-state index contributed by atoms with van der Waals surface area (Å²) in [6.45, 7) is 5.44. The molecule has 0 saturated heterocycles. The predicted octanol–water partition coefficient (Wildman–Crippen LogP) is 6.73. The van der Waals surface area contributed by atoms with Gasteiger partial charge in [-0.1, -0.05) is 25.4 Å². The number of methoxy groups -OCH3 is 1. The van der Waals surface area contributed by atoms with Crippen LogP contribution in [0.1, 0.15) is 67.3 Å². The van der Waals surface area contributed by atoms with Gasteiger partial charge >= 0.3 is 0 Å². The number of nitrogens with two attached hydrogens (primary N) is 1. The van der Waals surface area contributed by atoms with E-state index in [1.165, 1.54) is 12.1 Å². The van der Waals surface area contributed by atoms with Gasteiger partial charge in [-0.15, -0.1) is 0 Å². The number of dihydropyridines is 1. The maximum Gasteiger partial charge on any atom is 0.204 e. The van der Waals surface area contributed by atoms with Gasteiger partial charge < -0.3 is 41.5 Å². The van der Waals surface area contributed by atoms with E-state index in [1.807, 2.05) is 25.1 Å². The van der Waals surface area contributed by atoms with Crippen molar-refractivity contribution in [1.29, 1.82) is 0 Å². The van der Waals surface area contributed by atoms with E-state index in [0.717, 1.165) is 41.2 Å². The molecular weight excluding hydrogens is 642 g/mol. The third-order valence-electron chi connectivity index (χ3n) is 9.05. The minimum absolute atomic E-state index is 0.128. The molecule has 1 heterocycles. The van der Waals surface area contributed by atoms with Crippen molar-refractivity contribution in [1.82, 2.24) is 10.6 Å². The van der Waals surface area contributed by atoms with Gasteiger partial charge in [0.05, 0.1) is 23.9 Å². The number of anilines is 1. The number of hydrogen-bond donors (Lipinski definition) is 7. The Morgan fingerprint density at radius 3 is 2.60 bits per heavy atom. The zero-order valence-electron chi connectivity index (χ0n) is 27.1. The fourth-order valence-electron chi connectivity index (χ4n) is 6.43. The molecule has 8 N–H and O–H groups in total. The number of nitrogen functional groups attached to an aromatic ring is 1. The molecule has 9 nitrogen and oxygen atoms in total.